The van der Waals surface area contributed by atoms with Gasteiger partial charge in [0.2, 0.25) is 0 Å². The summed E-state index contributed by atoms with van der Waals surface area (Å²) < 4.78 is 32.0. The number of halogens is 1. The summed E-state index contributed by atoms with van der Waals surface area (Å²) in [5.41, 5.74) is 3.11. The number of likely N-dealkylation sites (N-methyl/N-ethyl adjacent to an activating group) is 1. The summed E-state index contributed by atoms with van der Waals surface area (Å²) in [6, 6.07) is 12.6. The second-order valence-corrected chi connectivity index (χ2v) is 15.1. The SMILES string of the molecule is CN(C)C/C=C/S(=O)(=O)CCN(C)c1nc(OCC23CCCN2CCC3)nc2c1CCN(c1cccc3cccc(Cl)c13)C2. The van der Waals surface area contributed by atoms with Gasteiger partial charge in [-0.25, -0.2) is 8.42 Å². The fourth-order valence-corrected chi connectivity index (χ4v) is 8.33. The lowest BCUT2D eigenvalue weighted by molar-refractivity contribution is 0.107. The van der Waals surface area contributed by atoms with Crippen LogP contribution in [0.5, 0.6) is 6.01 Å². The van der Waals surface area contributed by atoms with Gasteiger partial charge in [-0.1, -0.05) is 41.9 Å². The fraction of sp³-hybridized carbons (Fsp3) is 0.515. The van der Waals surface area contributed by atoms with Gasteiger partial charge >= 0.3 is 6.01 Å². The molecule has 0 saturated carbocycles. The predicted molar refractivity (Wildman–Crippen MR) is 179 cm³/mol. The number of fused-ring (bicyclic) bond motifs is 3. The molecule has 0 bridgehead atoms. The summed E-state index contributed by atoms with van der Waals surface area (Å²) in [7, 11) is 2.37. The molecule has 0 atom stereocenters. The highest BCUT2D eigenvalue weighted by Gasteiger charge is 2.45. The van der Waals surface area contributed by atoms with Crippen LogP contribution >= 0.6 is 11.6 Å². The Kier molecular flexibility index (Phi) is 9.06. The lowest BCUT2D eigenvalue weighted by Crippen LogP contribution is -2.43. The van der Waals surface area contributed by atoms with Crippen LogP contribution < -0.4 is 14.5 Å². The molecule has 4 heterocycles. The Balaban J connectivity index is 1.28. The average molecular weight is 639 g/mol. The summed E-state index contributed by atoms with van der Waals surface area (Å²) in [6.45, 7) is 5.07. The molecule has 0 amide bonds. The molecule has 3 aliphatic rings. The predicted octanol–water partition coefficient (Wildman–Crippen LogP) is 4.78. The van der Waals surface area contributed by atoms with Gasteiger partial charge in [0, 0.05) is 48.7 Å². The number of anilines is 2. The first-order valence-electron chi connectivity index (χ1n) is 15.6. The van der Waals surface area contributed by atoms with Gasteiger partial charge in [0.25, 0.3) is 0 Å². The molecule has 0 N–H and O–H groups in total. The van der Waals surface area contributed by atoms with Gasteiger partial charge in [-0.15, -0.1) is 0 Å². The molecule has 3 aromatic rings. The standard InChI is InChI=1S/C33H43ClN6O3S/c1-37(2)16-8-21-44(41,42)22-20-38(3)31-26-13-19-39(29-12-5-10-25-9-4-11-27(34)30(25)29)23-28(26)35-32(36-31)43-24-33-14-6-17-40(33)18-7-15-33/h4-5,8-12,21H,6-7,13-20,22-24H2,1-3H3/b21-8+. The lowest BCUT2D eigenvalue weighted by atomic mass is 9.95. The Hall–Kier alpha value is -2.92. The topological polar surface area (TPSA) is 82.1 Å². The van der Waals surface area contributed by atoms with Crippen LogP contribution in [0.4, 0.5) is 11.5 Å². The van der Waals surface area contributed by atoms with Crippen LogP contribution in [-0.2, 0) is 22.8 Å². The second-order valence-electron chi connectivity index (χ2n) is 12.7. The second kappa shape index (κ2) is 12.8. The number of ether oxygens (including phenoxy) is 1. The smallest absolute Gasteiger partial charge is 0.318 e. The number of hydrogen-bond donors (Lipinski definition) is 0. The Morgan fingerprint density at radius 3 is 2.55 bits per heavy atom. The molecule has 9 nitrogen and oxygen atoms in total. The molecule has 2 fully saturated rings. The van der Waals surface area contributed by atoms with E-state index in [1.54, 1.807) is 6.08 Å². The summed E-state index contributed by atoms with van der Waals surface area (Å²) >= 11 is 6.70. The van der Waals surface area contributed by atoms with Crippen LogP contribution in [-0.4, -0.2) is 100.0 Å². The van der Waals surface area contributed by atoms with Crippen molar-refractivity contribution in [2.45, 2.75) is 44.2 Å². The van der Waals surface area contributed by atoms with E-state index in [2.05, 4.69) is 34.1 Å². The number of benzene rings is 2. The third kappa shape index (κ3) is 6.54. The van der Waals surface area contributed by atoms with Gasteiger partial charge in [-0.2, -0.15) is 9.97 Å². The molecule has 0 unspecified atom stereocenters. The first-order chi connectivity index (χ1) is 21.1. The van der Waals surface area contributed by atoms with E-state index >= 15 is 0 Å². The van der Waals surface area contributed by atoms with Gasteiger partial charge < -0.3 is 19.4 Å². The van der Waals surface area contributed by atoms with Crippen molar-refractivity contribution in [3.05, 3.63) is 64.2 Å². The molecule has 2 aromatic carbocycles. The highest BCUT2D eigenvalue weighted by atomic mass is 35.5. The molecule has 44 heavy (non-hydrogen) atoms. The molecule has 3 aliphatic heterocycles. The lowest BCUT2D eigenvalue weighted by Gasteiger charge is -2.34. The zero-order chi connectivity index (χ0) is 30.9. The summed E-state index contributed by atoms with van der Waals surface area (Å²) in [5.74, 6) is 0.751. The van der Waals surface area contributed by atoms with Crippen molar-refractivity contribution < 1.29 is 13.2 Å². The quantitative estimate of drug-likeness (QED) is 0.295. The van der Waals surface area contributed by atoms with E-state index in [1.165, 1.54) is 18.2 Å². The molecule has 1 aromatic heterocycles. The van der Waals surface area contributed by atoms with Crippen molar-refractivity contribution in [2.75, 3.05) is 76.0 Å². The first-order valence-corrected chi connectivity index (χ1v) is 17.7. The number of nitrogens with zero attached hydrogens (tertiary/aromatic N) is 6. The van der Waals surface area contributed by atoms with E-state index < -0.39 is 9.84 Å². The summed E-state index contributed by atoms with van der Waals surface area (Å²) in [6.07, 6.45) is 7.09. The summed E-state index contributed by atoms with van der Waals surface area (Å²) in [5, 5.41) is 4.20. The Bertz CT molecular complexity index is 1630. The fourth-order valence-electron chi connectivity index (χ4n) is 7.01. The summed E-state index contributed by atoms with van der Waals surface area (Å²) in [4.78, 5) is 18.7. The van der Waals surface area contributed by atoms with Crippen LogP contribution in [0.1, 0.15) is 36.9 Å². The molecule has 11 heteroatoms. The number of hydrogen-bond acceptors (Lipinski definition) is 9. The maximum absolute atomic E-state index is 12.8. The van der Waals surface area contributed by atoms with Crippen molar-refractivity contribution in [2.24, 2.45) is 0 Å². The molecule has 2 saturated heterocycles. The van der Waals surface area contributed by atoms with Gasteiger partial charge in [-0.05, 0) is 76.8 Å². The van der Waals surface area contributed by atoms with E-state index in [0.29, 0.717) is 32.3 Å². The minimum absolute atomic E-state index is 0.00109. The highest BCUT2D eigenvalue weighted by molar-refractivity contribution is 7.94. The van der Waals surface area contributed by atoms with E-state index in [9.17, 15) is 8.42 Å². The maximum Gasteiger partial charge on any atom is 0.318 e. The van der Waals surface area contributed by atoms with Gasteiger partial charge in [0.15, 0.2) is 9.84 Å². The minimum atomic E-state index is -3.36. The third-order valence-corrected chi connectivity index (χ3v) is 11.0. The molecular weight excluding hydrogens is 596 g/mol. The molecule has 0 aliphatic carbocycles. The Morgan fingerprint density at radius 1 is 1.05 bits per heavy atom. The molecule has 0 spiro atoms. The first kappa shape index (κ1) is 31.1. The van der Waals surface area contributed by atoms with Crippen molar-refractivity contribution in [3.8, 4) is 6.01 Å². The van der Waals surface area contributed by atoms with Gasteiger partial charge in [0.1, 0.15) is 12.4 Å². The van der Waals surface area contributed by atoms with E-state index in [-0.39, 0.29) is 11.3 Å². The molecule has 0 radical (unpaired) electrons. The van der Waals surface area contributed by atoms with Crippen LogP contribution in [0.15, 0.2) is 47.9 Å². The van der Waals surface area contributed by atoms with Crippen LogP contribution in [0.3, 0.4) is 0 Å². The van der Waals surface area contributed by atoms with E-state index in [1.807, 2.05) is 43.1 Å². The Morgan fingerprint density at radius 2 is 1.80 bits per heavy atom. The van der Waals surface area contributed by atoms with Gasteiger partial charge in [-0.3, -0.25) is 4.90 Å². The highest BCUT2D eigenvalue weighted by Crippen LogP contribution is 2.40. The zero-order valence-corrected chi connectivity index (χ0v) is 27.6. The monoisotopic (exact) mass is 638 g/mol. The van der Waals surface area contributed by atoms with E-state index in [4.69, 9.17) is 26.3 Å². The molecule has 236 valence electrons. The zero-order valence-electron chi connectivity index (χ0n) is 26.0. The third-order valence-electron chi connectivity index (χ3n) is 9.32. The number of rotatable bonds is 11. The van der Waals surface area contributed by atoms with Crippen molar-refractivity contribution >= 4 is 43.7 Å². The van der Waals surface area contributed by atoms with Crippen LogP contribution in [0, 0.1) is 0 Å². The van der Waals surface area contributed by atoms with Crippen LogP contribution in [0.25, 0.3) is 10.8 Å². The average Bonchev–Trinajstić information content (AvgIpc) is 3.58. The minimum Gasteiger partial charge on any atom is -0.461 e. The van der Waals surface area contributed by atoms with Crippen molar-refractivity contribution in [3.63, 3.8) is 0 Å². The largest absolute Gasteiger partial charge is 0.461 e. The number of sulfone groups is 1. The van der Waals surface area contributed by atoms with Gasteiger partial charge in [0.05, 0.1) is 28.6 Å². The maximum atomic E-state index is 12.8. The van der Waals surface area contributed by atoms with Crippen molar-refractivity contribution in [1.82, 2.24) is 19.8 Å². The van der Waals surface area contributed by atoms with Crippen LogP contribution in [0.2, 0.25) is 5.02 Å². The normalized spacial score (nSPS) is 18.3. The molecule has 6 rings (SSSR count). The Labute approximate surface area is 266 Å². The van der Waals surface area contributed by atoms with Crippen molar-refractivity contribution in [1.29, 1.82) is 0 Å². The number of aromatic nitrogens is 2. The van der Waals surface area contributed by atoms with E-state index in [0.717, 1.165) is 77.5 Å². The molecular formula is C33H43ClN6O3S.